The number of nitrogens with one attached hydrogen (secondary N) is 3. The number of halogens is 1. The van der Waals surface area contributed by atoms with Gasteiger partial charge in [0.2, 0.25) is 21.8 Å². The fraction of sp³-hybridized carbons (Fsp3) is 0.667. The van der Waals surface area contributed by atoms with Gasteiger partial charge < -0.3 is 25.0 Å². The van der Waals surface area contributed by atoms with Crippen LogP contribution in [0, 0.1) is 23.6 Å². The Hall–Kier alpha value is -4.21. The first kappa shape index (κ1) is 40.5. The minimum absolute atomic E-state index is 0. The molecule has 1 aromatic rings. The number of hydrogen-bond donors (Lipinski definition) is 3. The molecule has 0 aromatic heterocycles. The van der Waals surface area contributed by atoms with E-state index in [1.165, 1.54) is 15.9 Å². The van der Waals surface area contributed by atoms with Crippen LogP contribution in [0.2, 0.25) is 0 Å². The summed E-state index contributed by atoms with van der Waals surface area (Å²) in [5.74, 6) is -3.33. The zero-order chi connectivity index (χ0) is 40.1. The fourth-order valence-corrected chi connectivity index (χ4v) is 9.29. The van der Waals surface area contributed by atoms with Gasteiger partial charge >= 0.3 is 12.2 Å². The smallest absolute Gasteiger partial charge is 0.410 e. The van der Waals surface area contributed by atoms with Gasteiger partial charge in [0.15, 0.2) is 0 Å². The lowest BCUT2D eigenvalue weighted by Crippen LogP contribution is -2.59. The molecule has 16 heteroatoms. The Labute approximate surface area is 326 Å². The van der Waals surface area contributed by atoms with Crippen molar-refractivity contribution in [1.82, 2.24) is 25.2 Å². The van der Waals surface area contributed by atoms with Crippen molar-refractivity contribution in [3.8, 4) is 0 Å². The second-order valence-electron chi connectivity index (χ2n) is 17.3. The maximum absolute atomic E-state index is 14.8. The predicted octanol–water partition coefficient (Wildman–Crippen LogP) is 5.15. The number of sulfonamides is 1. The fourth-order valence-electron chi connectivity index (χ4n) is 7.98. The number of amides is 5. The van der Waals surface area contributed by atoms with Gasteiger partial charge in [-0.15, -0.1) is 0 Å². The molecule has 3 heterocycles. The first-order chi connectivity index (χ1) is 25.8. The van der Waals surface area contributed by atoms with Crippen molar-refractivity contribution in [2.45, 2.75) is 140 Å². The molecule has 3 aliphatic heterocycles. The Morgan fingerprint density at radius 1 is 1.13 bits per heavy atom. The molecule has 6 rings (SSSR count). The summed E-state index contributed by atoms with van der Waals surface area (Å²) in [7, 11) is -4.03. The summed E-state index contributed by atoms with van der Waals surface area (Å²) < 4.78 is 53.4. The molecule has 0 spiro atoms. The molecule has 3 N–H and O–H groups in total. The van der Waals surface area contributed by atoms with Crippen LogP contribution >= 0.6 is 0 Å². The Bertz CT molecular complexity index is 1880. The summed E-state index contributed by atoms with van der Waals surface area (Å²) in [6.45, 7) is 10.6. The summed E-state index contributed by atoms with van der Waals surface area (Å²) in [4.78, 5) is 72.4. The molecule has 5 aliphatic rings. The summed E-state index contributed by atoms with van der Waals surface area (Å²) in [6, 6.07) is 2.25. The van der Waals surface area contributed by atoms with Gasteiger partial charge in [0.25, 0.3) is 5.91 Å². The number of fused-ring (bicyclic) bond motifs is 3. The largest absolute Gasteiger partial charge is 0.444 e. The van der Waals surface area contributed by atoms with Crippen molar-refractivity contribution >= 4 is 39.9 Å². The van der Waals surface area contributed by atoms with E-state index in [-0.39, 0.29) is 48.6 Å². The first-order valence-electron chi connectivity index (χ1n) is 19.3. The maximum atomic E-state index is 14.8. The molecule has 2 saturated carbocycles. The van der Waals surface area contributed by atoms with E-state index in [4.69, 9.17) is 9.47 Å². The van der Waals surface area contributed by atoms with Gasteiger partial charge in [-0.3, -0.25) is 24.0 Å². The Kier molecular flexibility index (Phi) is 11.1. The number of alkyl carbamates (subject to hydrolysis) is 1. The summed E-state index contributed by atoms with van der Waals surface area (Å²) in [5.41, 5.74) is -1.41. The molecular formula is C39H60FN5O9S. The van der Waals surface area contributed by atoms with Crippen molar-refractivity contribution in [3.63, 3.8) is 0 Å². The van der Waals surface area contributed by atoms with Crippen LogP contribution in [0.3, 0.4) is 0 Å². The van der Waals surface area contributed by atoms with Gasteiger partial charge in [-0.25, -0.2) is 22.4 Å². The zero-order valence-corrected chi connectivity index (χ0v) is 33.3. The lowest BCUT2D eigenvalue weighted by atomic mass is 9.85. The Morgan fingerprint density at radius 2 is 1.85 bits per heavy atom. The highest BCUT2D eigenvalue weighted by atomic mass is 32.2. The van der Waals surface area contributed by atoms with Gasteiger partial charge in [0.1, 0.15) is 35.1 Å². The molecule has 2 aliphatic carbocycles. The van der Waals surface area contributed by atoms with Gasteiger partial charge in [-0.2, -0.15) is 0 Å². The minimum atomic E-state index is -4.03. The SMILES string of the molecule is CC[C@@H]1C[C@@H](C)CC/C=C\[C@@H]2C[C@@]2(C(=O)NS(=O)(=O)C2(C)CC2)NC(=O)[C@@H]2C[C@@H](OC(=O)N3Cc4cccc(F)c4C3)CN2C(=O)[C@H]1NC(=O)OC(C)(C)C.[HH].[HH].[HH]. The summed E-state index contributed by atoms with van der Waals surface area (Å²) in [5, 5.41) is 5.62. The van der Waals surface area contributed by atoms with E-state index in [2.05, 4.69) is 22.3 Å². The van der Waals surface area contributed by atoms with E-state index in [9.17, 15) is 36.8 Å². The second-order valence-corrected chi connectivity index (χ2v) is 19.5. The number of carbonyl (C=O) groups is 5. The van der Waals surface area contributed by atoms with E-state index in [1.807, 2.05) is 19.1 Å². The third-order valence-electron chi connectivity index (χ3n) is 11.7. The molecule has 1 aromatic carbocycles. The van der Waals surface area contributed by atoms with Crippen LogP contribution < -0.4 is 15.4 Å². The van der Waals surface area contributed by atoms with Gasteiger partial charge in [-0.05, 0) is 89.7 Å². The summed E-state index contributed by atoms with van der Waals surface area (Å²) in [6.07, 6.45) is 4.53. The van der Waals surface area contributed by atoms with E-state index in [1.54, 1.807) is 39.8 Å². The highest BCUT2D eigenvalue weighted by Crippen LogP contribution is 2.47. The third kappa shape index (κ3) is 8.63. The van der Waals surface area contributed by atoms with Crippen molar-refractivity contribution in [1.29, 1.82) is 0 Å². The van der Waals surface area contributed by atoms with E-state index >= 15 is 0 Å². The van der Waals surface area contributed by atoms with Gasteiger partial charge in [0, 0.05) is 28.7 Å². The number of allylic oxidation sites excluding steroid dienone is 1. The molecular weight excluding hydrogens is 734 g/mol. The minimum Gasteiger partial charge on any atom is -0.444 e. The highest BCUT2D eigenvalue weighted by molar-refractivity contribution is 7.91. The monoisotopic (exact) mass is 793 g/mol. The molecule has 0 unspecified atom stereocenters. The molecule has 308 valence electrons. The zero-order valence-electron chi connectivity index (χ0n) is 32.5. The van der Waals surface area contributed by atoms with Crippen LogP contribution in [0.15, 0.2) is 30.4 Å². The molecule has 14 nitrogen and oxygen atoms in total. The third-order valence-corrected chi connectivity index (χ3v) is 13.9. The Morgan fingerprint density at radius 3 is 2.51 bits per heavy atom. The van der Waals surface area contributed by atoms with Crippen LogP contribution in [0.4, 0.5) is 14.0 Å². The van der Waals surface area contributed by atoms with Crippen LogP contribution in [-0.2, 0) is 47.0 Å². The van der Waals surface area contributed by atoms with Gasteiger partial charge in [0.05, 0.1) is 17.8 Å². The van der Waals surface area contributed by atoms with Crippen molar-refractivity contribution in [2.75, 3.05) is 6.54 Å². The lowest BCUT2D eigenvalue weighted by molar-refractivity contribution is -0.142. The van der Waals surface area contributed by atoms with Crippen molar-refractivity contribution < 1.29 is 50.5 Å². The molecule has 5 amide bonds. The average Bonchev–Trinajstić information content (AvgIpc) is 3.89. The molecule has 7 atom stereocenters. The van der Waals surface area contributed by atoms with Crippen LogP contribution in [-0.4, -0.2) is 88.7 Å². The van der Waals surface area contributed by atoms with E-state index < -0.39 is 85.7 Å². The predicted molar refractivity (Wildman–Crippen MR) is 205 cm³/mol. The number of nitrogens with zero attached hydrogens (tertiary/aromatic N) is 2. The van der Waals surface area contributed by atoms with E-state index in [0.29, 0.717) is 43.2 Å². The molecule has 1 saturated heterocycles. The molecule has 55 heavy (non-hydrogen) atoms. The van der Waals surface area contributed by atoms with E-state index in [0.717, 1.165) is 6.42 Å². The first-order valence-corrected chi connectivity index (χ1v) is 20.8. The number of ether oxygens (including phenoxy) is 2. The quantitative estimate of drug-likeness (QED) is 0.328. The topological polar surface area (TPSA) is 181 Å². The number of benzene rings is 1. The Balaban J connectivity index is 0.00000300. The highest BCUT2D eigenvalue weighted by Gasteiger charge is 2.63. The number of hydrogen-bond acceptors (Lipinski definition) is 9. The number of rotatable bonds is 6. The number of carbonyl (C=O) groups excluding carboxylic acids is 5. The average molecular weight is 794 g/mol. The van der Waals surface area contributed by atoms with Gasteiger partial charge in [-0.1, -0.05) is 44.6 Å². The molecule has 3 fully saturated rings. The van der Waals surface area contributed by atoms with Crippen molar-refractivity contribution in [3.05, 3.63) is 47.3 Å². The van der Waals surface area contributed by atoms with Crippen LogP contribution in [0.25, 0.3) is 0 Å². The second kappa shape index (κ2) is 15.0. The lowest BCUT2D eigenvalue weighted by Gasteiger charge is -2.34. The van der Waals surface area contributed by atoms with Crippen LogP contribution in [0.5, 0.6) is 0 Å². The molecule has 0 radical (unpaired) electrons. The van der Waals surface area contributed by atoms with Crippen LogP contribution in [0.1, 0.15) is 108 Å². The normalized spacial score (nSPS) is 31.0. The van der Waals surface area contributed by atoms with Crippen molar-refractivity contribution in [2.24, 2.45) is 17.8 Å². The molecule has 0 bridgehead atoms. The maximum Gasteiger partial charge on any atom is 0.410 e. The standard InChI is InChI=1S/C39H54FN5O9S.3H2/c1-7-24-17-23(2)11-8-9-13-26-19-39(26,34(48)43-55(51,52)38(6)15-16-38)42-32(46)30-18-27(21-45(30)33(47)31(24)41-35(49)54-37(3,4)5)53-36(50)44-20-25-12-10-14-29(40)28(25)22-44;;;/h9-10,12-14,23-24,26-27,30-31H,7-8,11,15-22H2,1-6H3,(H,41,49)(H,42,46)(H,43,48);3*1H/b13-9-;;;/t23-,24+,26+,27+,30-,31-,39+;;;/m0.../s1. The summed E-state index contributed by atoms with van der Waals surface area (Å²) >= 11 is 0.